The van der Waals surface area contributed by atoms with Gasteiger partial charge in [-0.15, -0.1) is 11.3 Å². The van der Waals surface area contributed by atoms with Gasteiger partial charge >= 0.3 is 0 Å². The molecule has 1 fully saturated rings. The number of thiophene rings is 1. The number of amides is 1. The van der Waals surface area contributed by atoms with Crippen molar-refractivity contribution >= 4 is 27.3 Å². The molecule has 0 bridgehead atoms. The lowest BCUT2D eigenvalue weighted by Gasteiger charge is -2.12. The van der Waals surface area contributed by atoms with E-state index >= 15 is 0 Å². The fourth-order valence-electron chi connectivity index (χ4n) is 2.16. The van der Waals surface area contributed by atoms with Gasteiger partial charge in [0.1, 0.15) is 0 Å². The lowest BCUT2D eigenvalue weighted by Crippen LogP contribution is -2.27. The maximum atomic E-state index is 12.2. The molecule has 2 N–H and O–H groups in total. The standard InChI is InChI=1S/C16H18N2O3S2/c1-11(15-3-2-10-22-15)17-16(19)12-4-8-14(9-5-12)23(20,21)18-13-6-7-13/h2-5,8-11,13,18H,6-7H2,1H3,(H,17,19)/t11-/m0/s1. The Bertz CT molecular complexity index is 779. The van der Waals surface area contributed by atoms with Crippen molar-refractivity contribution in [1.29, 1.82) is 0 Å². The summed E-state index contributed by atoms with van der Waals surface area (Å²) < 4.78 is 26.8. The molecule has 7 heteroatoms. The molecule has 0 saturated heterocycles. The first-order valence-electron chi connectivity index (χ1n) is 7.42. The second-order valence-corrected chi connectivity index (χ2v) is 8.32. The average molecular weight is 350 g/mol. The minimum atomic E-state index is -3.48. The van der Waals surface area contributed by atoms with Gasteiger partial charge in [0.2, 0.25) is 10.0 Å². The van der Waals surface area contributed by atoms with Crippen LogP contribution in [0.1, 0.15) is 41.0 Å². The molecule has 1 amide bonds. The summed E-state index contributed by atoms with van der Waals surface area (Å²) in [4.78, 5) is 13.5. The normalized spacial score (nSPS) is 16.0. The number of sulfonamides is 1. The van der Waals surface area contributed by atoms with Crippen molar-refractivity contribution < 1.29 is 13.2 Å². The molecule has 1 atom stereocenters. The van der Waals surface area contributed by atoms with Crippen LogP contribution >= 0.6 is 11.3 Å². The topological polar surface area (TPSA) is 75.3 Å². The van der Waals surface area contributed by atoms with Gasteiger partial charge in [0.25, 0.3) is 5.91 Å². The number of rotatable bonds is 6. The molecule has 0 aliphatic heterocycles. The van der Waals surface area contributed by atoms with E-state index < -0.39 is 10.0 Å². The van der Waals surface area contributed by atoms with Crippen molar-refractivity contribution in [1.82, 2.24) is 10.0 Å². The smallest absolute Gasteiger partial charge is 0.251 e. The highest BCUT2D eigenvalue weighted by Crippen LogP contribution is 2.22. The van der Waals surface area contributed by atoms with Crippen LogP contribution in [-0.2, 0) is 10.0 Å². The quantitative estimate of drug-likeness (QED) is 0.841. The van der Waals surface area contributed by atoms with E-state index in [1.54, 1.807) is 11.3 Å². The van der Waals surface area contributed by atoms with Crippen LogP contribution in [0.15, 0.2) is 46.7 Å². The summed E-state index contributed by atoms with van der Waals surface area (Å²) in [6.45, 7) is 1.92. The van der Waals surface area contributed by atoms with Crippen LogP contribution in [0.3, 0.4) is 0 Å². The van der Waals surface area contributed by atoms with Gasteiger partial charge in [-0.05, 0) is 55.5 Å². The summed E-state index contributed by atoms with van der Waals surface area (Å²) in [7, 11) is -3.48. The van der Waals surface area contributed by atoms with Crippen molar-refractivity contribution in [3.63, 3.8) is 0 Å². The van der Waals surface area contributed by atoms with Crippen LogP contribution in [0.25, 0.3) is 0 Å². The number of hydrogen-bond acceptors (Lipinski definition) is 4. The molecule has 3 rings (SSSR count). The third kappa shape index (κ3) is 3.99. The van der Waals surface area contributed by atoms with Crippen molar-refractivity contribution in [2.24, 2.45) is 0 Å². The van der Waals surface area contributed by atoms with Crippen LogP contribution in [-0.4, -0.2) is 20.4 Å². The van der Waals surface area contributed by atoms with E-state index in [-0.39, 0.29) is 22.9 Å². The molecule has 2 aromatic rings. The summed E-state index contributed by atoms with van der Waals surface area (Å²) in [5.74, 6) is -0.218. The summed E-state index contributed by atoms with van der Waals surface area (Å²) in [6, 6.07) is 9.90. The lowest BCUT2D eigenvalue weighted by atomic mass is 10.2. The number of carbonyl (C=O) groups is 1. The van der Waals surface area contributed by atoms with Crippen molar-refractivity contribution in [3.05, 3.63) is 52.2 Å². The molecule has 23 heavy (non-hydrogen) atoms. The molecule has 1 aliphatic carbocycles. The number of benzene rings is 1. The van der Waals surface area contributed by atoms with E-state index in [2.05, 4.69) is 10.0 Å². The Morgan fingerprint density at radius 3 is 2.48 bits per heavy atom. The SMILES string of the molecule is C[C@H](NC(=O)c1ccc(S(=O)(=O)NC2CC2)cc1)c1cccs1. The number of nitrogens with one attached hydrogen (secondary N) is 2. The molecule has 1 aromatic carbocycles. The minimum absolute atomic E-state index is 0.0645. The van der Waals surface area contributed by atoms with E-state index in [9.17, 15) is 13.2 Å². The Labute approximate surface area is 139 Å². The third-order valence-electron chi connectivity index (χ3n) is 3.64. The monoisotopic (exact) mass is 350 g/mol. The summed E-state index contributed by atoms with van der Waals surface area (Å²) in [5.41, 5.74) is 0.443. The van der Waals surface area contributed by atoms with Gasteiger partial charge in [-0.2, -0.15) is 0 Å². The first kappa shape index (κ1) is 16.2. The summed E-state index contributed by atoms with van der Waals surface area (Å²) in [6.07, 6.45) is 1.78. The molecule has 1 aromatic heterocycles. The van der Waals surface area contributed by atoms with Crippen LogP contribution in [0.5, 0.6) is 0 Å². The van der Waals surface area contributed by atoms with E-state index in [1.165, 1.54) is 24.3 Å². The summed E-state index contributed by atoms with van der Waals surface area (Å²) >= 11 is 1.58. The van der Waals surface area contributed by atoms with Gasteiger partial charge in [-0.1, -0.05) is 6.07 Å². The molecule has 122 valence electrons. The molecular formula is C16H18N2O3S2. The van der Waals surface area contributed by atoms with Crippen LogP contribution in [0, 0.1) is 0 Å². The molecule has 0 spiro atoms. The number of carbonyl (C=O) groups excluding carboxylic acids is 1. The van der Waals surface area contributed by atoms with Crippen LogP contribution in [0.2, 0.25) is 0 Å². The summed E-state index contributed by atoms with van der Waals surface area (Å²) in [5, 5.41) is 4.87. The molecule has 0 radical (unpaired) electrons. The Morgan fingerprint density at radius 1 is 1.22 bits per heavy atom. The van der Waals surface area contributed by atoms with Crippen molar-refractivity contribution in [3.8, 4) is 0 Å². The average Bonchev–Trinajstić information content (AvgIpc) is 3.15. The van der Waals surface area contributed by atoms with Crippen LogP contribution < -0.4 is 10.0 Å². The molecule has 0 unspecified atom stereocenters. The van der Waals surface area contributed by atoms with E-state index in [0.29, 0.717) is 5.56 Å². The Morgan fingerprint density at radius 2 is 1.91 bits per heavy atom. The second kappa shape index (κ2) is 6.43. The zero-order valence-electron chi connectivity index (χ0n) is 12.7. The van der Waals surface area contributed by atoms with Crippen molar-refractivity contribution in [2.75, 3.05) is 0 Å². The number of hydrogen-bond donors (Lipinski definition) is 2. The largest absolute Gasteiger partial charge is 0.345 e. The second-order valence-electron chi connectivity index (χ2n) is 5.63. The van der Waals surface area contributed by atoms with Gasteiger partial charge in [0, 0.05) is 16.5 Å². The first-order valence-corrected chi connectivity index (χ1v) is 9.78. The third-order valence-corrected chi connectivity index (χ3v) is 6.23. The predicted molar refractivity (Wildman–Crippen MR) is 90.0 cm³/mol. The predicted octanol–water partition coefficient (Wildman–Crippen LogP) is 2.68. The van der Waals surface area contributed by atoms with Crippen LogP contribution in [0.4, 0.5) is 0 Å². The maximum Gasteiger partial charge on any atom is 0.251 e. The zero-order chi connectivity index (χ0) is 16.4. The molecular weight excluding hydrogens is 332 g/mol. The molecule has 5 nitrogen and oxygen atoms in total. The van der Waals surface area contributed by atoms with Gasteiger partial charge in [0.05, 0.1) is 10.9 Å². The minimum Gasteiger partial charge on any atom is -0.345 e. The fraction of sp³-hybridized carbons (Fsp3) is 0.312. The highest BCUT2D eigenvalue weighted by molar-refractivity contribution is 7.89. The zero-order valence-corrected chi connectivity index (χ0v) is 14.3. The molecule has 1 aliphatic rings. The highest BCUT2D eigenvalue weighted by Gasteiger charge is 2.28. The fourth-order valence-corrected chi connectivity index (χ4v) is 4.20. The van der Waals surface area contributed by atoms with Gasteiger partial charge in [0.15, 0.2) is 0 Å². The first-order chi connectivity index (χ1) is 11.0. The Hall–Kier alpha value is -1.70. The van der Waals surface area contributed by atoms with Gasteiger partial charge < -0.3 is 5.32 Å². The Kier molecular flexibility index (Phi) is 4.52. The lowest BCUT2D eigenvalue weighted by molar-refractivity contribution is 0.0940. The van der Waals surface area contributed by atoms with E-state index in [4.69, 9.17) is 0 Å². The molecule has 1 heterocycles. The van der Waals surface area contributed by atoms with E-state index in [1.807, 2.05) is 24.4 Å². The van der Waals surface area contributed by atoms with E-state index in [0.717, 1.165) is 17.7 Å². The van der Waals surface area contributed by atoms with Gasteiger partial charge in [-0.3, -0.25) is 4.79 Å². The van der Waals surface area contributed by atoms with Crippen molar-refractivity contribution in [2.45, 2.75) is 36.7 Å². The highest BCUT2D eigenvalue weighted by atomic mass is 32.2. The molecule has 1 saturated carbocycles. The maximum absolute atomic E-state index is 12.2. The van der Waals surface area contributed by atoms with Gasteiger partial charge in [-0.25, -0.2) is 13.1 Å². The Balaban J connectivity index is 1.67.